The molecule has 0 saturated heterocycles. The van der Waals surface area contributed by atoms with Gasteiger partial charge in [0.2, 0.25) is 16.9 Å². The van der Waals surface area contributed by atoms with Crippen molar-refractivity contribution in [1.82, 2.24) is 10.2 Å². The lowest BCUT2D eigenvalue weighted by molar-refractivity contribution is -0.142. The van der Waals surface area contributed by atoms with Gasteiger partial charge in [0.25, 0.3) is 0 Å². The van der Waals surface area contributed by atoms with Crippen molar-refractivity contribution in [3.63, 3.8) is 0 Å². The number of carbonyl (C=O) groups is 4. The van der Waals surface area contributed by atoms with Gasteiger partial charge in [-0.2, -0.15) is 0 Å². The summed E-state index contributed by atoms with van der Waals surface area (Å²) in [5, 5.41) is 2.30. The smallest absolute Gasteiger partial charge is 0.313 e. The Morgan fingerprint density at radius 3 is 2.08 bits per heavy atom. The summed E-state index contributed by atoms with van der Waals surface area (Å²) in [6.45, 7) is 9.81. The molecule has 0 aliphatic carbocycles. The van der Waals surface area contributed by atoms with Gasteiger partial charge in [-0.1, -0.05) is 18.7 Å². The van der Waals surface area contributed by atoms with Crippen molar-refractivity contribution in [1.29, 1.82) is 0 Å². The molecule has 0 radical (unpaired) electrons. The molecule has 0 fully saturated rings. The first-order valence-corrected chi connectivity index (χ1v) is 8.81. The standard InChI is InChI=1S/C16H28N2O5S/c1-7-11(19)17-14(15(22)18(8-2)9-3)16(4,5)24-13(21)10-12(20)23-6/h14H,7-10H2,1-6H3,(H,17,19). The zero-order valence-electron chi connectivity index (χ0n) is 15.3. The first-order valence-electron chi connectivity index (χ1n) is 7.99. The van der Waals surface area contributed by atoms with Crippen LogP contribution in [0.5, 0.6) is 0 Å². The van der Waals surface area contributed by atoms with Crippen molar-refractivity contribution in [2.24, 2.45) is 0 Å². The molecule has 0 rings (SSSR count). The number of ether oxygens (including phenoxy) is 1. The van der Waals surface area contributed by atoms with E-state index in [1.54, 1.807) is 25.7 Å². The fraction of sp³-hybridized carbons (Fsp3) is 0.750. The maximum atomic E-state index is 12.8. The highest BCUT2D eigenvalue weighted by Gasteiger charge is 2.40. The third kappa shape index (κ3) is 6.90. The second-order valence-corrected chi connectivity index (χ2v) is 7.41. The van der Waals surface area contributed by atoms with E-state index in [1.807, 2.05) is 13.8 Å². The molecular weight excluding hydrogens is 332 g/mol. The van der Waals surface area contributed by atoms with E-state index in [9.17, 15) is 19.2 Å². The van der Waals surface area contributed by atoms with Crippen LogP contribution in [0.3, 0.4) is 0 Å². The third-order valence-electron chi connectivity index (χ3n) is 3.54. The Balaban J connectivity index is 5.35. The summed E-state index contributed by atoms with van der Waals surface area (Å²) in [4.78, 5) is 49.5. The lowest BCUT2D eigenvalue weighted by atomic mass is 10.0. The molecule has 1 unspecified atom stereocenters. The minimum Gasteiger partial charge on any atom is -0.469 e. The number of hydrogen-bond acceptors (Lipinski definition) is 6. The lowest BCUT2D eigenvalue weighted by Gasteiger charge is -2.35. The number of likely N-dealkylation sites (N-methyl/N-ethyl adjacent to an activating group) is 1. The van der Waals surface area contributed by atoms with E-state index in [0.717, 1.165) is 11.8 Å². The van der Waals surface area contributed by atoms with Gasteiger partial charge >= 0.3 is 5.97 Å². The first-order chi connectivity index (χ1) is 11.1. The quantitative estimate of drug-likeness (QED) is 0.493. The summed E-state index contributed by atoms with van der Waals surface area (Å²) in [6, 6.07) is -0.864. The van der Waals surface area contributed by atoms with Gasteiger partial charge in [-0.25, -0.2) is 0 Å². The van der Waals surface area contributed by atoms with Crippen LogP contribution in [-0.2, 0) is 23.9 Å². The molecule has 0 aliphatic rings. The second-order valence-electron chi connectivity index (χ2n) is 5.70. The van der Waals surface area contributed by atoms with Gasteiger partial charge in [-0.05, 0) is 27.7 Å². The number of hydrogen-bond donors (Lipinski definition) is 1. The third-order valence-corrected chi connectivity index (χ3v) is 4.67. The number of amides is 2. The van der Waals surface area contributed by atoms with Crippen molar-refractivity contribution >= 4 is 34.7 Å². The zero-order valence-corrected chi connectivity index (χ0v) is 16.1. The predicted molar refractivity (Wildman–Crippen MR) is 93.5 cm³/mol. The van der Waals surface area contributed by atoms with Crippen molar-refractivity contribution in [3.05, 3.63) is 0 Å². The van der Waals surface area contributed by atoms with Crippen LogP contribution in [0, 0.1) is 0 Å². The molecule has 1 atom stereocenters. The number of methoxy groups -OCH3 is 1. The molecule has 0 heterocycles. The predicted octanol–water partition coefficient (Wildman–Crippen LogP) is 1.35. The number of carbonyl (C=O) groups excluding carboxylic acids is 4. The van der Waals surface area contributed by atoms with Crippen LogP contribution in [0.25, 0.3) is 0 Å². The van der Waals surface area contributed by atoms with Gasteiger partial charge in [-0.15, -0.1) is 0 Å². The lowest BCUT2D eigenvalue weighted by Crippen LogP contribution is -2.57. The highest BCUT2D eigenvalue weighted by atomic mass is 32.2. The van der Waals surface area contributed by atoms with Crippen LogP contribution in [0.2, 0.25) is 0 Å². The molecule has 8 heteroatoms. The molecule has 1 N–H and O–H groups in total. The molecular formula is C16H28N2O5S. The maximum Gasteiger partial charge on any atom is 0.313 e. The fourth-order valence-electron chi connectivity index (χ4n) is 2.09. The molecule has 0 spiro atoms. The zero-order chi connectivity index (χ0) is 18.9. The fourth-order valence-corrected chi connectivity index (χ4v) is 3.15. The average molecular weight is 360 g/mol. The molecule has 138 valence electrons. The highest BCUT2D eigenvalue weighted by molar-refractivity contribution is 8.14. The second kappa shape index (κ2) is 10.3. The Labute approximate surface area is 147 Å². The Kier molecular flexibility index (Phi) is 9.65. The molecule has 0 aromatic rings. The summed E-state index contributed by atoms with van der Waals surface area (Å²) >= 11 is 0.871. The van der Waals surface area contributed by atoms with E-state index >= 15 is 0 Å². The maximum absolute atomic E-state index is 12.8. The average Bonchev–Trinajstić information content (AvgIpc) is 2.52. The van der Waals surface area contributed by atoms with Crippen molar-refractivity contribution in [2.75, 3.05) is 20.2 Å². The van der Waals surface area contributed by atoms with Crippen molar-refractivity contribution in [2.45, 2.75) is 58.2 Å². The van der Waals surface area contributed by atoms with E-state index in [-0.39, 0.29) is 24.7 Å². The molecule has 0 aliphatic heterocycles. The molecule has 0 bridgehead atoms. The van der Waals surface area contributed by atoms with Crippen molar-refractivity contribution in [3.8, 4) is 0 Å². The van der Waals surface area contributed by atoms with E-state index in [4.69, 9.17) is 0 Å². The largest absolute Gasteiger partial charge is 0.469 e. The van der Waals surface area contributed by atoms with Gasteiger partial charge in [0.05, 0.1) is 7.11 Å². The monoisotopic (exact) mass is 360 g/mol. The molecule has 24 heavy (non-hydrogen) atoms. The van der Waals surface area contributed by atoms with E-state index in [0.29, 0.717) is 13.1 Å². The number of rotatable bonds is 9. The van der Waals surface area contributed by atoms with Crippen LogP contribution in [0.1, 0.15) is 47.5 Å². The van der Waals surface area contributed by atoms with Crippen LogP contribution in [0.15, 0.2) is 0 Å². The first kappa shape index (κ1) is 22.4. The minimum atomic E-state index is -0.907. The van der Waals surface area contributed by atoms with Gasteiger partial charge in [0, 0.05) is 24.3 Å². The summed E-state index contributed by atoms with van der Waals surface area (Å²) in [5.41, 5.74) is 0. The normalized spacial score (nSPS) is 12.2. The molecule has 0 saturated carbocycles. The van der Waals surface area contributed by atoms with Crippen LogP contribution < -0.4 is 5.32 Å². The van der Waals surface area contributed by atoms with Crippen molar-refractivity contribution < 1.29 is 23.9 Å². The Hall–Kier alpha value is -1.57. The van der Waals surface area contributed by atoms with E-state index in [1.165, 1.54) is 7.11 Å². The summed E-state index contributed by atoms with van der Waals surface area (Å²) < 4.78 is 3.57. The van der Waals surface area contributed by atoms with Gasteiger partial charge < -0.3 is 15.0 Å². The number of nitrogens with one attached hydrogen (secondary N) is 1. The summed E-state index contributed by atoms with van der Waals surface area (Å²) in [5.74, 6) is -1.15. The Bertz CT molecular complexity index is 475. The van der Waals surface area contributed by atoms with Gasteiger partial charge in [0.1, 0.15) is 12.5 Å². The minimum absolute atomic E-state index is 0.235. The SMILES string of the molecule is CCC(=O)NC(C(=O)N(CC)CC)C(C)(C)SC(=O)CC(=O)OC. The molecule has 7 nitrogen and oxygen atoms in total. The molecule has 2 amide bonds. The van der Waals surface area contributed by atoms with Gasteiger partial charge in [0.15, 0.2) is 0 Å². The van der Waals surface area contributed by atoms with E-state index < -0.39 is 21.9 Å². The van der Waals surface area contributed by atoms with E-state index in [2.05, 4.69) is 10.1 Å². The number of nitrogens with zero attached hydrogens (tertiary/aromatic N) is 1. The van der Waals surface area contributed by atoms with Gasteiger partial charge in [-0.3, -0.25) is 19.2 Å². The van der Waals surface area contributed by atoms with Crippen LogP contribution in [-0.4, -0.2) is 58.8 Å². The number of esters is 1. The molecule has 0 aromatic heterocycles. The molecule has 0 aromatic carbocycles. The summed E-state index contributed by atoms with van der Waals surface area (Å²) in [6.07, 6.45) is -0.141. The van der Waals surface area contributed by atoms with Crippen LogP contribution in [0.4, 0.5) is 0 Å². The number of thioether (sulfide) groups is 1. The highest BCUT2D eigenvalue weighted by Crippen LogP contribution is 2.31. The summed E-state index contributed by atoms with van der Waals surface area (Å²) in [7, 11) is 1.21. The topological polar surface area (TPSA) is 92.8 Å². The van der Waals surface area contributed by atoms with Crippen LogP contribution >= 0.6 is 11.8 Å². The Morgan fingerprint density at radius 2 is 1.67 bits per heavy atom. The Morgan fingerprint density at radius 1 is 1.12 bits per heavy atom.